The first kappa shape index (κ1) is 14.2. The van der Waals surface area contributed by atoms with Gasteiger partial charge in [0, 0.05) is 19.7 Å². The molecule has 0 fully saturated rings. The average Bonchev–Trinajstić information content (AvgIpc) is 2.84. The van der Waals surface area contributed by atoms with E-state index in [-0.39, 0.29) is 16.4 Å². The van der Waals surface area contributed by atoms with E-state index in [2.05, 4.69) is 4.98 Å². The number of carboxylic acid groups (broad SMARTS) is 1. The zero-order valence-electron chi connectivity index (χ0n) is 11.4. The molecule has 0 atom stereocenters. The van der Waals surface area contributed by atoms with Gasteiger partial charge < -0.3 is 10.0 Å². The van der Waals surface area contributed by atoms with Gasteiger partial charge in [-0.05, 0) is 19.1 Å². The van der Waals surface area contributed by atoms with Crippen molar-refractivity contribution in [1.29, 1.82) is 0 Å². The van der Waals surface area contributed by atoms with Crippen molar-refractivity contribution in [3.63, 3.8) is 0 Å². The van der Waals surface area contributed by atoms with Crippen molar-refractivity contribution in [1.82, 2.24) is 4.98 Å². The minimum Gasteiger partial charge on any atom is -0.476 e. The third-order valence-electron chi connectivity index (χ3n) is 2.85. The summed E-state index contributed by atoms with van der Waals surface area (Å²) >= 11 is 1.09. The summed E-state index contributed by atoms with van der Waals surface area (Å²) < 4.78 is 0. The number of thiazole rings is 1. The molecule has 0 bridgehead atoms. The van der Waals surface area contributed by atoms with Crippen LogP contribution in [0.15, 0.2) is 24.3 Å². The number of rotatable bonds is 4. The van der Waals surface area contributed by atoms with Gasteiger partial charge in [-0.2, -0.15) is 0 Å². The number of ketones is 1. The summed E-state index contributed by atoms with van der Waals surface area (Å²) in [7, 11) is 1.79. The molecule has 5 nitrogen and oxygen atoms in total. The molecule has 0 saturated heterocycles. The van der Waals surface area contributed by atoms with Gasteiger partial charge in [0.05, 0.1) is 0 Å². The SMILES string of the molecule is CC(=O)c1sc(N(C)c2ccc(C)cc2)nc1C(=O)O. The first-order valence-corrected chi connectivity index (χ1v) is 6.77. The van der Waals surface area contributed by atoms with E-state index in [0.29, 0.717) is 5.13 Å². The van der Waals surface area contributed by atoms with Crippen molar-refractivity contribution in [2.24, 2.45) is 0 Å². The summed E-state index contributed by atoms with van der Waals surface area (Å²) in [6.07, 6.45) is 0. The lowest BCUT2D eigenvalue weighted by Gasteiger charge is -2.15. The molecule has 0 aliphatic rings. The highest BCUT2D eigenvalue weighted by atomic mass is 32.1. The lowest BCUT2D eigenvalue weighted by molar-refractivity contribution is 0.0687. The van der Waals surface area contributed by atoms with Crippen LogP contribution in [-0.4, -0.2) is 28.9 Å². The zero-order chi connectivity index (χ0) is 14.9. The quantitative estimate of drug-likeness (QED) is 0.876. The Hall–Kier alpha value is -2.21. The fraction of sp³-hybridized carbons (Fsp3) is 0.214. The fourth-order valence-corrected chi connectivity index (χ4v) is 2.65. The first-order valence-electron chi connectivity index (χ1n) is 5.95. The Morgan fingerprint density at radius 1 is 1.25 bits per heavy atom. The van der Waals surface area contributed by atoms with E-state index in [1.165, 1.54) is 6.92 Å². The highest BCUT2D eigenvalue weighted by Crippen LogP contribution is 2.31. The smallest absolute Gasteiger partial charge is 0.356 e. The Kier molecular flexibility index (Phi) is 3.85. The third kappa shape index (κ3) is 2.70. The van der Waals surface area contributed by atoms with Crippen molar-refractivity contribution >= 4 is 33.9 Å². The van der Waals surface area contributed by atoms with Crippen LogP contribution in [0.3, 0.4) is 0 Å². The maximum absolute atomic E-state index is 11.5. The number of Topliss-reactive ketones (excluding diaryl/α,β-unsaturated/α-hetero) is 1. The molecule has 1 N–H and O–H groups in total. The normalized spacial score (nSPS) is 10.3. The summed E-state index contributed by atoms with van der Waals surface area (Å²) in [6.45, 7) is 3.33. The van der Waals surface area contributed by atoms with Crippen LogP contribution in [0.1, 0.15) is 32.6 Å². The van der Waals surface area contributed by atoms with Crippen LogP contribution in [0.25, 0.3) is 0 Å². The van der Waals surface area contributed by atoms with E-state index in [9.17, 15) is 9.59 Å². The summed E-state index contributed by atoms with van der Waals surface area (Å²) in [5.74, 6) is -1.47. The number of aromatic carboxylic acids is 1. The Morgan fingerprint density at radius 3 is 2.30 bits per heavy atom. The molecule has 0 unspecified atom stereocenters. The predicted molar refractivity (Wildman–Crippen MR) is 78.3 cm³/mol. The molecule has 1 aromatic heterocycles. The predicted octanol–water partition coefficient (Wildman–Crippen LogP) is 3.12. The molecule has 1 heterocycles. The van der Waals surface area contributed by atoms with Gasteiger partial charge in [0.25, 0.3) is 0 Å². The van der Waals surface area contributed by atoms with Crippen LogP contribution >= 0.6 is 11.3 Å². The summed E-state index contributed by atoms with van der Waals surface area (Å²) in [6, 6.07) is 7.77. The Bertz CT molecular complexity index is 630. The molecule has 2 aromatic rings. The van der Waals surface area contributed by atoms with Crippen LogP contribution in [0.4, 0.5) is 10.8 Å². The second kappa shape index (κ2) is 5.42. The number of hydrogen-bond acceptors (Lipinski definition) is 5. The van der Waals surface area contributed by atoms with Gasteiger partial charge in [-0.15, -0.1) is 0 Å². The highest BCUT2D eigenvalue weighted by Gasteiger charge is 2.22. The van der Waals surface area contributed by atoms with Crippen LogP contribution < -0.4 is 4.90 Å². The number of hydrogen-bond donors (Lipinski definition) is 1. The lowest BCUT2D eigenvalue weighted by atomic mass is 10.2. The first-order chi connectivity index (χ1) is 9.40. The van der Waals surface area contributed by atoms with Crippen LogP contribution in [-0.2, 0) is 0 Å². The maximum atomic E-state index is 11.5. The highest BCUT2D eigenvalue weighted by molar-refractivity contribution is 7.17. The maximum Gasteiger partial charge on any atom is 0.356 e. The van der Waals surface area contributed by atoms with Crippen molar-refractivity contribution in [3.8, 4) is 0 Å². The average molecular weight is 290 g/mol. The Morgan fingerprint density at radius 2 is 1.85 bits per heavy atom. The number of carbonyl (C=O) groups is 2. The summed E-state index contributed by atoms with van der Waals surface area (Å²) in [4.78, 5) is 28.6. The van der Waals surface area contributed by atoms with Crippen LogP contribution in [0.5, 0.6) is 0 Å². The summed E-state index contributed by atoms with van der Waals surface area (Å²) in [5, 5.41) is 9.57. The largest absolute Gasteiger partial charge is 0.476 e. The molecule has 0 radical (unpaired) electrons. The second-order valence-corrected chi connectivity index (χ2v) is 5.41. The number of carbonyl (C=O) groups excluding carboxylic acids is 1. The molecular weight excluding hydrogens is 276 g/mol. The van der Waals surface area contributed by atoms with Crippen LogP contribution in [0.2, 0.25) is 0 Å². The minimum absolute atomic E-state index is 0.173. The molecule has 104 valence electrons. The Labute approximate surface area is 120 Å². The molecule has 0 spiro atoms. The fourth-order valence-electron chi connectivity index (χ4n) is 1.71. The molecule has 2 rings (SSSR count). The number of anilines is 2. The van der Waals surface area contributed by atoms with Crippen molar-refractivity contribution in [2.45, 2.75) is 13.8 Å². The molecule has 0 saturated carbocycles. The molecule has 6 heteroatoms. The van der Waals surface area contributed by atoms with E-state index in [4.69, 9.17) is 5.11 Å². The number of nitrogens with zero attached hydrogens (tertiary/aromatic N) is 2. The van der Waals surface area contributed by atoms with Gasteiger partial charge in [-0.3, -0.25) is 4.79 Å². The topological polar surface area (TPSA) is 70.5 Å². The van der Waals surface area contributed by atoms with E-state index < -0.39 is 5.97 Å². The van der Waals surface area contributed by atoms with Crippen molar-refractivity contribution in [2.75, 3.05) is 11.9 Å². The van der Waals surface area contributed by atoms with E-state index in [1.54, 1.807) is 11.9 Å². The molecule has 0 aliphatic carbocycles. The van der Waals surface area contributed by atoms with Gasteiger partial charge >= 0.3 is 5.97 Å². The van der Waals surface area contributed by atoms with Crippen molar-refractivity contribution in [3.05, 3.63) is 40.4 Å². The monoisotopic (exact) mass is 290 g/mol. The Balaban J connectivity index is 2.42. The van der Waals surface area contributed by atoms with Gasteiger partial charge in [0.15, 0.2) is 16.6 Å². The standard InChI is InChI=1S/C14H14N2O3S/c1-8-4-6-10(7-5-8)16(3)14-15-11(13(18)19)12(20-14)9(2)17/h4-7H,1-3H3,(H,18,19). The van der Waals surface area contributed by atoms with Gasteiger partial charge in [0.1, 0.15) is 4.88 Å². The molecule has 0 amide bonds. The van der Waals surface area contributed by atoms with Gasteiger partial charge in [-0.1, -0.05) is 29.0 Å². The minimum atomic E-state index is -1.19. The second-order valence-electron chi connectivity index (χ2n) is 4.43. The lowest BCUT2D eigenvalue weighted by Crippen LogP contribution is -2.09. The van der Waals surface area contributed by atoms with Crippen LogP contribution in [0, 0.1) is 6.92 Å². The molecule has 20 heavy (non-hydrogen) atoms. The number of aromatic nitrogens is 1. The van der Waals surface area contributed by atoms with E-state index in [1.807, 2.05) is 31.2 Å². The number of carboxylic acids is 1. The van der Waals surface area contributed by atoms with Gasteiger partial charge in [-0.25, -0.2) is 9.78 Å². The summed E-state index contributed by atoms with van der Waals surface area (Å²) in [5.41, 5.74) is 1.84. The number of aryl methyl sites for hydroxylation is 1. The number of benzene rings is 1. The van der Waals surface area contributed by atoms with E-state index in [0.717, 1.165) is 22.6 Å². The van der Waals surface area contributed by atoms with Crippen molar-refractivity contribution < 1.29 is 14.7 Å². The molecule has 1 aromatic carbocycles. The zero-order valence-corrected chi connectivity index (χ0v) is 12.2. The third-order valence-corrected chi connectivity index (χ3v) is 4.08. The molecule has 0 aliphatic heterocycles. The van der Waals surface area contributed by atoms with Gasteiger partial charge in [0.2, 0.25) is 0 Å². The van der Waals surface area contributed by atoms with E-state index >= 15 is 0 Å². The molecular formula is C14H14N2O3S.